The Hall–Kier alpha value is -2.33. The van der Waals surface area contributed by atoms with Crippen LogP contribution in [0.3, 0.4) is 0 Å². The van der Waals surface area contributed by atoms with Gasteiger partial charge in [-0.2, -0.15) is 0 Å². The molecular formula is C20H29N5O2. The number of hydrogen-bond acceptors (Lipinski definition) is 4. The summed E-state index contributed by atoms with van der Waals surface area (Å²) in [5.41, 5.74) is 1.65. The molecule has 0 saturated carbocycles. The molecule has 1 fully saturated rings. The topological polar surface area (TPSA) is 90.1 Å². The van der Waals surface area contributed by atoms with Crippen LogP contribution in [0.15, 0.2) is 6.33 Å². The van der Waals surface area contributed by atoms with Crippen LogP contribution in [0.1, 0.15) is 50.9 Å². The molecule has 27 heavy (non-hydrogen) atoms. The first-order valence-corrected chi connectivity index (χ1v) is 9.74. The molecule has 1 spiro atoms. The highest BCUT2D eigenvalue weighted by Crippen LogP contribution is 2.37. The van der Waals surface area contributed by atoms with Crippen molar-refractivity contribution in [1.29, 1.82) is 0 Å². The van der Waals surface area contributed by atoms with E-state index in [1.54, 1.807) is 6.33 Å². The summed E-state index contributed by atoms with van der Waals surface area (Å²) in [5.74, 6) is 3.06. The number of imidazole rings is 1. The maximum Gasteiger partial charge on any atom is 0.237 e. The van der Waals surface area contributed by atoms with Crippen molar-refractivity contribution in [2.75, 3.05) is 19.6 Å². The molecule has 0 aromatic carbocycles. The Morgan fingerprint density at radius 3 is 2.85 bits per heavy atom. The summed E-state index contributed by atoms with van der Waals surface area (Å²) in [6.45, 7) is 6.11. The SMILES string of the molecule is C#CCCC(=O)N1CCC2(CC1)NC(C(=O)NCC(C)C)Cc1[nH]cnc12. The van der Waals surface area contributed by atoms with Gasteiger partial charge in [-0.1, -0.05) is 13.8 Å². The summed E-state index contributed by atoms with van der Waals surface area (Å²) >= 11 is 0. The summed E-state index contributed by atoms with van der Waals surface area (Å²) in [7, 11) is 0. The second-order valence-corrected chi connectivity index (χ2v) is 7.94. The van der Waals surface area contributed by atoms with Crippen LogP contribution in [0.4, 0.5) is 0 Å². The van der Waals surface area contributed by atoms with Gasteiger partial charge in [0.05, 0.1) is 23.6 Å². The molecule has 2 aliphatic heterocycles. The third kappa shape index (κ3) is 4.16. The van der Waals surface area contributed by atoms with Gasteiger partial charge < -0.3 is 15.2 Å². The number of piperidine rings is 1. The molecule has 3 heterocycles. The Morgan fingerprint density at radius 1 is 1.44 bits per heavy atom. The van der Waals surface area contributed by atoms with Gasteiger partial charge in [0.15, 0.2) is 0 Å². The lowest BCUT2D eigenvalue weighted by atomic mass is 9.78. The number of likely N-dealkylation sites (tertiary alicyclic amines) is 1. The number of nitrogens with zero attached hydrogens (tertiary/aromatic N) is 2. The average molecular weight is 371 g/mol. The first kappa shape index (κ1) is 19.4. The van der Waals surface area contributed by atoms with Gasteiger partial charge in [-0.05, 0) is 18.8 Å². The van der Waals surface area contributed by atoms with Crippen molar-refractivity contribution < 1.29 is 9.59 Å². The summed E-state index contributed by atoms with van der Waals surface area (Å²) < 4.78 is 0. The largest absolute Gasteiger partial charge is 0.354 e. The van der Waals surface area contributed by atoms with Crippen LogP contribution in [-0.4, -0.2) is 52.4 Å². The number of H-pyrrole nitrogens is 1. The monoisotopic (exact) mass is 371 g/mol. The highest BCUT2D eigenvalue weighted by atomic mass is 16.2. The Kier molecular flexibility index (Phi) is 5.85. The minimum atomic E-state index is -0.365. The number of amides is 2. The summed E-state index contributed by atoms with van der Waals surface area (Å²) in [6, 6.07) is -0.291. The average Bonchev–Trinajstić information content (AvgIpc) is 3.14. The maximum atomic E-state index is 12.7. The summed E-state index contributed by atoms with van der Waals surface area (Å²) in [6.07, 6.45) is 9.91. The van der Waals surface area contributed by atoms with Crippen LogP contribution in [0, 0.1) is 18.3 Å². The number of carbonyl (C=O) groups is 2. The number of aromatic amines is 1. The van der Waals surface area contributed by atoms with E-state index in [1.165, 1.54) is 0 Å². The van der Waals surface area contributed by atoms with E-state index < -0.39 is 0 Å². The highest BCUT2D eigenvalue weighted by molar-refractivity contribution is 5.82. The summed E-state index contributed by atoms with van der Waals surface area (Å²) in [5, 5.41) is 6.60. The highest BCUT2D eigenvalue weighted by Gasteiger charge is 2.46. The first-order chi connectivity index (χ1) is 12.9. The van der Waals surface area contributed by atoms with Crippen LogP contribution < -0.4 is 10.6 Å². The molecule has 1 aromatic heterocycles. The number of terminal acetylenes is 1. The zero-order chi connectivity index (χ0) is 19.4. The summed E-state index contributed by atoms with van der Waals surface area (Å²) in [4.78, 5) is 34.6. The molecule has 1 atom stereocenters. The number of aromatic nitrogens is 2. The van der Waals surface area contributed by atoms with E-state index >= 15 is 0 Å². The van der Waals surface area contributed by atoms with E-state index in [4.69, 9.17) is 6.42 Å². The molecule has 3 N–H and O–H groups in total. The van der Waals surface area contributed by atoms with E-state index in [2.05, 4.69) is 40.4 Å². The lowest BCUT2D eigenvalue weighted by Gasteiger charge is -2.46. The molecule has 0 bridgehead atoms. The molecule has 3 rings (SSSR count). The van der Waals surface area contributed by atoms with Crippen LogP contribution >= 0.6 is 0 Å². The molecule has 1 aromatic rings. The fourth-order valence-electron chi connectivity index (χ4n) is 3.99. The van der Waals surface area contributed by atoms with Gasteiger partial charge in [0.1, 0.15) is 0 Å². The third-order valence-corrected chi connectivity index (χ3v) is 5.48. The number of carbonyl (C=O) groups excluding carboxylic acids is 2. The number of rotatable bonds is 5. The first-order valence-electron chi connectivity index (χ1n) is 9.74. The number of fused-ring (bicyclic) bond motifs is 2. The van der Waals surface area contributed by atoms with Gasteiger partial charge in [-0.3, -0.25) is 14.9 Å². The normalized spacial score (nSPS) is 21.0. The third-order valence-electron chi connectivity index (χ3n) is 5.48. The minimum Gasteiger partial charge on any atom is -0.354 e. The zero-order valence-electron chi connectivity index (χ0n) is 16.2. The predicted octanol–water partition coefficient (Wildman–Crippen LogP) is 0.927. The van der Waals surface area contributed by atoms with Crippen molar-refractivity contribution in [2.24, 2.45) is 5.92 Å². The molecule has 0 aliphatic carbocycles. The van der Waals surface area contributed by atoms with E-state index in [0.717, 1.165) is 24.2 Å². The van der Waals surface area contributed by atoms with Crippen molar-refractivity contribution in [1.82, 2.24) is 25.5 Å². The Bertz CT molecular complexity index is 725. The van der Waals surface area contributed by atoms with E-state index in [0.29, 0.717) is 44.8 Å². The smallest absolute Gasteiger partial charge is 0.237 e. The van der Waals surface area contributed by atoms with Crippen LogP contribution in [-0.2, 0) is 21.5 Å². The lowest BCUT2D eigenvalue weighted by Crippen LogP contribution is -2.62. The molecule has 1 saturated heterocycles. The molecule has 2 amide bonds. The second kappa shape index (κ2) is 8.13. The molecule has 2 aliphatic rings. The molecule has 7 heteroatoms. The van der Waals surface area contributed by atoms with Gasteiger partial charge in [0.25, 0.3) is 0 Å². The predicted molar refractivity (Wildman–Crippen MR) is 103 cm³/mol. The van der Waals surface area contributed by atoms with Crippen molar-refractivity contribution in [3.63, 3.8) is 0 Å². The molecular weight excluding hydrogens is 342 g/mol. The lowest BCUT2D eigenvalue weighted by molar-refractivity contribution is -0.133. The Labute approximate surface area is 160 Å². The second-order valence-electron chi connectivity index (χ2n) is 7.94. The van der Waals surface area contributed by atoms with Gasteiger partial charge in [-0.25, -0.2) is 4.98 Å². The van der Waals surface area contributed by atoms with Gasteiger partial charge in [0, 0.05) is 44.6 Å². The van der Waals surface area contributed by atoms with Crippen molar-refractivity contribution in [3.05, 3.63) is 17.7 Å². The number of nitrogens with one attached hydrogen (secondary N) is 3. The van der Waals surface area contributed by atoms with Crippen molar-refractivity contribution in [3.8, 4) is 12.3 Å². The van der Waals surface area contributed by atoms with Gasteiger partial charge in [0.2, 0.25) is 11.8 Å². The fourth-order valence-corrected chi connectivity index (χ4v) is 3.99. The van der Waals surface area contributed by atoms with Gasteiger partial charge >= 0.3 is 0 Å². The molecule has 146 valence electrons. The standard InChI is InChI=1S/C20H29N5O2/c1-4-5-6-17(26)25-9-7-20(8-10-25)18-15(22-13-23-18)11-16(24-20)19(27)21-12-14(2)3/h1,13-14,16,24H,5-12H2,2-3H3,(H,21,27)(H,22,23). The Morgan fingerprint density at radius 2 is 2.19 bits per heavy atom. The minimum absolute atomic E-state index is 0.0239. The fraction of sp³-hybridized carbons (Fsp3) is 0.650. The molecule has 1 unspecified atom stereocenters. The quantitative estimate of drug-likeness (QED) is 0.672. The number of hydrogen-bond donors (Lipinski definition) is 3. The van der Waals surface area contributed by atoms with Crippen LogP contribution in [0.5, 0.6) is 0 Å². The molecule has 7 nitrogen and oxygen atoms in total. The van der Waals surface area contributed by atoms with Crippen molar-refractivity contribution in [2.45, 2.75) is 57.5 Å². The van der Waals surface area contributed by atoms with E-state index in [-0.39, 0.29) is 23.4 Å². The zero-order valence-corrected chi connectivity index (χ0v) is 16.2. The van der Waals surface area contributed by atoms with Gasteiger partial charge in [-0.15, -0.1) is 12.3 Å². The maximum absolute atomic E-state index is 12.7. The van der Waals surface area contributed by atoms with Crippen LogP contribution in [0.2, 0.25) is 0 Å². The van der Waals surface area contributed by atoms with Crippen LogP contribution in [0.25, 0.3) is 0 Å². The van der Waals surface area contributed by atoms with Crippen molar-refractivity contribution >= 4 is 11.8 Å². The van der Waals surface area contributed by atoms with E-state index in [9.17, 15) is 9.59 Å². The van der Waals surface area contributed by atoms with E-state index in [1.807, 2.05) is 4.90 Å². The Balaban J connectivity index is 1.70. The molecule has 0 radical (unpaired) electrons.